The highest BCUT2D eigenvalue weighted by Gasteiger charge is 2.36. The quantitative estimate of drug-likeness (QED) is 0.283. The van der Waals surface area contributed by atoms with Crippen molar-refractivity contribution < 1.29 is 39.8 Å². The number of rotatable bonds is 7. The zero-order valence-corrected chi connectivity index (χ0v) is 17.5. The molecule has 32 heavy (non-hydrogen) atoms. The van der Waals surface area contributed by atoms with E-state index in [-0.39, 0.29) is 18.0 Å². The highest BCUT2D eigenvalue weighted by molar-refractivity contribution is 7.87. The van der Waals surface area contributed by atoms with E-state index in [9.17, 15) is 35.6 Å². The molecule has 0 unspecified atom stereocenters. The lowest BCUT2D eigenvalue weighted by atomic mass is 9.89. The summed E-state index contributed by atoms with van der Waals surface area (Å²) in [6.07, 6.45) is 4.99. The summed E-state index contributed by atoms with van der Waals surface area (Å²) in [4.78, 5) is 20.8. The van der Waals surface area contributed by atoms with E-state index in [4.69, 9.17) is 0 Å². The van der Waals surface area contributed by atoms with Crippen molar-refractivity contribution >= 4 is 22.3 Å². The summed E-state index contributed by atoms with van der Waals surface area (Å²) in [5.41, 5.74) is -1.39. The average molecular weight is 473 g/mol. The maximum atomic E-state index is 14.5. The van der Waals surface area contributed by atoms with Gasteiger partial charge < -0.3 is 9.50 Å². The minimum atomic E-state index is -5.36. The van der Waals surface area contributed by atoms with Crippen molar-refractivity contribution in [1.82, 2.24) is 5.32 Å². The third kappa shape index (κ3) is 4.93. The van der Waals surface area contributed by atoms with E-state index in [2.05, 4.69) is 9.50 Å². The standard InChI is InChI=1S/C21H19F4NO5S/c22-16-15(21(28)26-10-12-4-2-1-3-5-12)17(23)19(25)20(18(16)24)32(29,30)31-14-8-6-13(11-27)7-9-14/h6-9,11-12H,1-5,10H2,(H,26,28). The number of hydrogen-bond donors (Lipinski definition) is 1. The second-order valence-corrected chi connectivity index (χ2v) is 8.88. The van der Waals surface area contributed by atoms with Crippen molar-refractivity contribution in [2.24, 2.45) is 5.92 Å². The van der Waals surface area contributed by atoms with Gasteiger partial charge in [0.25, 0.3) is 5.91 Å². The number of hydrogen-bond acceptors (Lipinski definition) is 5. The number of halogens is 4. The van der Waals surface area contributed by atoms with Crippen LogP contribution in [0.15, 0.2) is 29.2 Å². The number of carbonyl (C=O) groups excluding carboxylic acids is 2. The molecule has 0 aromatic heterocycles. The van der Waals surface area contributed by atoms with Crippen LogP contribution in [0.2, 0.25) is 0 Å². The summed E-state index contributed by atoms with van der Waals surface area (Å²) in [7, 11) is -5.36. The molecule has 1 amide bonds. The lowest BCUT2D eigenvalue weighted by Crippen LogP contribution is -2.32. The van der Waals surface area contributed by atoms with Crippen molar-refractivity contribution in [3.8, 4) is 5.75 Å². The fourth-order valence-corrected chi connectivity index (χ4v) is 4.58. The lowest BCUT2D eigenvalue weighted by Gasteiger charge is -2.22. The number of benzene rings is 2. The Hall–Kier alpha value is -2.95. The molecule has 0 aliphatic heterocycles. The second-order valence-electron chi connectivity index (χ2n) is 7.40. The molecule has 6 nitrogen and oxygen atoms in total. The van der Waals surface area contributed by atoms with Gasteiger partial charge in [-0.1, -0.05) is 19.3 Å². The van der Waals surface area contributed by atoms with E-state index in [1.807, 2.05) is 0 Å². The normalized spacial score (nSPS) is 14.8. The fourth-order valence-electron chi connectivity index (χ4n) is 3.52. The molecule has 0 saturated heterocycles. The Kier molecular flexibility index (Phi) is 7.17. The summed E-state index contributed by atoms with van der Waals surface area (Å²) in [6.45, 7) is 0.0703. The molecule has 1 N–H and O–H groups in total. The zero-order chi connectivity index (χ0) is 23.5. The monoisotopic (exact) mass is 473 g/mol. The van der Waals surface area contributed by atoms with E-state index >= 15 is 0 Å². The zero-order valence-electron chi connectivity index (χ0n) is 16.7. The maximum absolute atomic E-state index is 14.5. The van der Waals surface area contributed by atoms with E-state index in [1.54, 1.807) is 0 Å². The van der Waals surface area contributed by atoms with Crippen LogP contribution in [0.4, 0.5) is 17.6 Å². The van der Waals surface area contributed by atoms with Crippen LogP contribution in [-0.2, 0) is 10.1 Å². The van der Waals surface area contributed by atoms with Gasteiger partial charge in [0.1, 0.15) is 17.6 Å². The average Bonchev–Trinajstić information content (AvgIpc) is 2.77. The Balaban J connectivity index is 1.89. The predicted octanol–water partition coefficient (Wildman–Crippen LogP) is 4.13. The lowest BCUT2D eigenvalue weighted by molar-refractivity contribution is 0.0931. The molecule has 1 aliphatic rings. The minimum absolute atomic E-state index is 0.0703. The van der Waals surface area contributed by atoms with E-state index in [0.29, 0.717) is 6.29 Å². The Bertz CT molecular complexity index is 1100. The van der Waals surface area contributed by atoms with Gasteiger partial charge in [-0.3, -0.25) is 9.59 Å². The van der Waals surface area contributed by atoms with Gasteiger partial charge in [0.05, 0.1) is 0 Å². The first-order valence-corrected chi connectivity index (χ1v) is 11.2. The van der Waals surface area contributed by atoms with Crippen molar-refractivity contribution in [3.05, 3.63) is 58.7 Å². The summed E-state index contributed by atoms with van der Waals surface area (Å²) in [5.74, 6) is -10.6. The second kappa shape index (κ2) is 9.68. The molecule has 2 aromatic rings. The van der Waals surface area contributed by atoms with Crippen LogP contribution < -0.4 is 9.50 Å². The van der Waals surface area contributed by atoms with Crippen LogP contribution in [0.3, 0.4) is 0 Å². The smallest absolute Gasteiger partial charge is 0.345 e. The first-order chi connectivity index (χ1) is 15.2. The first-order valence-electron chi connectivity index (χ1n) is 9.79. The number of amides is 1. The predicted molar refractivity (Wildman–Crippen MR) is 105 cm³/mol. The molecule has 1 aliphatic carbocycles. The van der Waals surface area contributed by atoms with Crippen molar-refractivity contribution in [2.45, 2.75) is 37.0 Å². The number of nitrogens with one attached hydrogen (secondary N) is 1. The molecule has 1 saturated carbocycles. The summed E-state index contributed by atoms with van der Waals surface area (Å²) < 4.78 is 87.1. The van der Waals surface area contributed by atoms with Crippen molar-refractivity contribution in [1.29, 1.82) is 0 Å². The highest BCUT2D eigenvalue weighted by atomic mass is 32.2. The van der Waals surface area contributed by atoms with Gasteiger partial charge in [0.2, 0.25) is 0 Å². The Morgan fingerprint density at radius 2 is 1.53 bits per heavy atom. The first kappa shape index (κ1) is 23.7. The van der Waals surface area contributed by atoms with Crippen LogP contribution >= 0.6 is 0 Å². The summed E-state index contributed by atoms with van der Waals surface area (Å²) in [6, 6.07) is 4.34. The highest BCUT2D eigenvalue weighted by Crippen LogP contribution is 2.30. The van der Waals surface area contributed by atoms with Gasteiger partial charge in [-0.25, -0.2) is 17.6 Å². The molecule has 0 heterocycles. The van der Waals surface area contributed by atoms with Crippen LogP contribution in [0.5, 0.6) is 5.75 Å². The van der Waals surface area contributed by atoms with Crippen LogP contribution in [-0.4, -0.2) is 27.2 Å². The molecule has 0 bridgehead atoms. The SMILES string of the molecule is O=Cc1ccc(OS(=O)(=O)c2c(F)c(F)c(C(=O)NCC3CCCCC3)c(F)c2F)cc1. The largest absolute Gasteiger partial charge is 0.379 e. The van der Waals surface area contributed by atoms with Gasteiger partial charge in [0, 0.05) is 12.1 Å². The molecular weight excluding hydrogens is 454 g/mol. The third-order valence-corrected chi connectivity index (χ3v) is 6.47. The minimum Gasteiger partial charge on any atom is -0.379 e. The van der Waals surface area contributed by atoms with Crippen molar-refractivity contribution in [2.75, 3.05) is 6.54 Å². The van der Waals surface area contributed by atoms with Gasteiger partial charge in [0.15, 0.2) is 28.2 Å². The Morgan fingerprint density at radius 1 is 0.969 bits per heavy atom. The van der Waals surface area contributed by atoms with Gasteiger partial charge in [-0.2, -0.15) is 8.42 Å². The molecular formula is C21H19F4NO5S. The molecule has 0 atom stereocenters. The van der Waals surface area contributed by atoms with Gasteiger partial charge in [-0.15, -0.1) is 0 Å². The van der Waals surface area contributed by atoms with Crippen LogP contribution in [0.1, 0.15) is 52.8 Å². The van der Waals surface area contributed by atoms with Gasteiger partial charge >= 0.3 is 10.1 Å². The molecule has 1 fully saturated rings. The molecule has 172 valence electrons. The number of carbonyl (C=O) groups is 2. The Labute approximate surface area is 181 Å². The van der Waals surface area contributed by atoms with Gasteiger partial charge in [-0.05, 0) is 43.0 Å². The molecule has 2 aromatic carbocycles. The van der Waals surface area contributed by atoms with E-state index in [0.717, 1.165) is 56.4 Å². The fraction of sp³-hybridized carbons (Fsp3) is 0.333. The summed E-state index contributed by atoms with van der Waals surface area (Å²) in [5, 5.41) is 2.25. The van der Waals surface area contributed by atoms with E-state index in [1.165, 1.54) is 0 Å². The molecule has 3 rings (SSSR count). The van der Waals surface area contributed by atoms with Crippen molar-refractivity contribution in [3.63, 3.8) is 0 Å². The Morgan fingerprint density at radius 3 is 2.06 bits per heavy atom. The molecule has 0 spiro atoms. The van der Waals surface area contributed by atoms with Crippen LogP contribution in [0.25, 0.3) is 0 Å². The maximum Gasteiger partial charge on any atom is 0.345 e. The number of aldehydes is 1. The topological polar surface area (TPSA) is 89.5 Å². The molecule has 0 radical (unpaired) electrons. The third-order valence-electron chi connectivity index (χ3n) is 5.20. The summed E-state index contributed by atoms with van der Waals surface area (Å²) >= 11 is 0. The van der Waals surface area contributed by atoms with E-state index < -0.39 is 55.5 Å². The van der Waals surface area contributed by atoms with Crippen LogP contribution in [0, 0.1) is 29.2 Å². The molecule has 11 heteroatoms.